The average molecular weight is 253 g/mol. The van der Waals surface area contributed by atoms with E-state index >= 15 is 0 Å². The number of aliphatic hydroxyl groups is 2. The predicted octanol–water partition coefficient (Wildman–Crippen LogP) is -0.463. The number of piperidine rings is 1. The molecule has 0 aliphatic carbocycles. The van der Waals surface area contributed by atoms with Gasteiger partial charge in [-0.25, -0.2) is 0 Å². The zero-order valence-electron chi connectivity index (χ0n) is 10.5. The van der Waals surface area contributed by atoms with Crippen LogP contribution in [0, 0.1) is 6.92 Å². The molecule has 1 unspecified atom stereocenters. The SMILES string of the molecule is Cc1cnn(CC(=O)N2CCCC(O)(CO)C2)c1. The zero-order valence-corrected chi connectivity index (χ0v) is 10.5. The van der Waals surface area contributed by atoms with Crippen LogP contribution in [-0.4, -0.2) is 56.1 Å². The van der Waals surface area contributed by atoms with Gasteiger partial charge >= 0.3 is 0 Å². The third-order valence-corrected chi connectivity index (χ3v) is 3.26. The fourth-order valence-corrected chi connectivity index (χ4v) is 2.25. The molecule has 1 aliphatic rings. The molecule has 2 heterocycles. The van der Waals surface area contributed by atoms with Crippen LogP contribution in [0.15, 0.2) is 12.4 Å². The molecule has 18 heavy (non-hydrogen) atoms. The normalized spacial score (nSPS) is 24.3. The number of carbonyl (C=O) groups is 1. The molecule has 2 rings (SSSR count). The van der Waals surface area contributed by atoms with Crippen molar-refractivity contribution in [2.75, 3.05) is 19.7 Å². The molecule has 2 N–H and O–H groups in total. The van der Waals surface area contributed by atoms with Crippen molar-refractivity contribution < 1.29 is 15.0 Å². The number of aromatic nitrogens is 2. The van der Waals surface area contributed by atoms with E-state index in [0.717, 1.165) is 5.56 Å². The van der Waals surface area contributed by atoms with Crippen LogP contribution in [-0.2, 0) is 11.3 Å². The Balaban J connectivity index is 1.96. The molecule has 1 atom stereocenters. The molecule has 0 radical (unpaired) electrons. The first-order valence-corrected chi connectivity index (χ1v) is 6.12. The number of hydrogen-bond donors (Lipinski definition) is 2. The molecule has 1 amide bonds. The summed E-state index contributed by atoms with van der Waals surface area (Å²) in [4.78, 5) is 13.6. The highest BCUT2D eigenvalue weighted by Crippen LogP contribution is 2.20. The highest BCUT2D eigenvalue weighted by molar-refractivity contribution is 5.76. The monoisotopic (exact) mass is 253 g/mol. The molecule has 0 spiro atoms. The number of hydrogen-bond acceptors (Lipinski definition) is 4. The number of aryl methyl sites for hydroxylation is 1. The molecule has 0 aromatic carbocycles. The van der Waals surface area contributed by atoms with Gasteiger partial charge in [0.05, 0.1) is 19.3 Å². The number of nitrogens with zero attached hydrogens (tertiary/aromatic N) is 3. The molecule has 1 aromatic heterocycles. The van der Waals surface area contributed by atoms with E-state index < -0.39 is 5.60 Å². The first-order valence-electron chi connectivity index (χ1n) is 6.12. The van der Waals surface area contributed by atoms with E-state index in [-0.39, 0.29) is 25.6 Å². The van der Waals surface area contributed by atoms with E-state index in [1.54, 1.807) is 22.0 Å². The lowest BCUT2D eigenvalue weighted by molar-refractivity contribution is -0.141. The zero-order chi connectivity index (χ0) is 13.2. The second kappa shape index (κ2) is 5.07. The van der Waals surface area contributed by atoms with Gasteiger partial charge in [0.25, 0.3) is 0 Å². The fraction of sp³-hybridized carbons (Fsp3) is 0.667. The van der Waals surface area contributed by atoms with Crippen LogP contribution in [0.3, 0.4) is 0 Å². The van der Waals surface area contributed by atoms with E-state index in [1.807, 2.05) is 6.92 Å². The van der Waals surface area contributed by atoms with Crippen LogP contribution in [0.25, 0.3) is 0 Å². The summed E-state index contributed by atoms with van der Waals surface area (Å²) < 4.78 is 1.59. The second-order valence-electron chi connectivity index (χ2n) is 5.02. The van der Waals surface area contributed by atoms with E-state index in [4.69, 9.17) is 5.11 Å². The Kier molecular flexibility index (Phi) is 3.68. The number of rotatable bonds is 3. The third-order valence-electron chi connectivity index (χ3n) is 3.26. The molecule has 6 nitrogen and oxygen atoms in total. The van der Waals surface area contributed by atoms with Crippen LogP contribution < -0.4 is 0 Å². The van der Waals surface area contributed by atoms with Crippen molar-refractivity contribution in [3.05, 3.63) is 18.0 Å². The van der Waals surface area contributed by atoms with Gasteiger partial charge in [-0.3, -0.25) is 9.48 Å². The minimum absolute atomic E-state index is 0.0790. The maximum Gasteiger partial charge on any atom is 0.244 e. The van der Waals surface area contributed by atoms with Gasteiger partial charge in [0.15, 0.2) is 0 Å². The summed E-state index contributed by atoms with van der Waals surface area (Å²) >= 11 is 0. The van der Waals surface area contributed by atoms with Gasteiger partial charge < -0.3 is 15.1 Å². The number of aliphatic hydroxyl groups excluding tert-OH is 1. The van der Waals surface area contributed by atoms with Crippen LogP contribution >= 0.6 is 0 Å². The van der Waals surface area contributed by atoms with E-state index in [9.17, 15) is 9.90 Å². The van der Waals surface area contributed by atoms with Crippen molar-refractivity contribution in [3.8, 4) is 0 Å². The summed E-state index contributed by atoms with van der Waals surface area (Å²) in [5, 5.41) is 23.2. The van der Waals surface area contributed by atoms with Crippen LogP contribution in [0.1, 0.15) is 18.4 Å². The summed E-state index contributed by atoms with van der Waals surface area (Å²) in [6.45, 7) is 2.61. The summed E-state index contributed by atoms with van der Waals surface area (Å²) in [6, 6.07) is 0. The van der Waals surface area contributed by atoms with Crippen LogP contribution in [0.2, 0.25) is 0 Å². The summed E-state index contributed by atoms with van der Waals surface area (Å²) in [7, 11) is 0. The summed E-state index contributed by atoms with van der Waals surface area (Å²) in [5.41, 5.74) is -0.137. The van der Waals surface area contributed by atoms with Crippen molar-refractivity contribution in [1.82, 2.24) is 14.7 Å². The number of likely N-dealkylation sites (tertiary alicyclic amines) is 1. The molecule has 1 saturated heterocycles. The van der Waals surface area contributed by atoms with E-state index in [1.165, 1.54) is 0 Å². The minimum Gasteiger partial charge on any atom is -0.393 e. The lowest BCUT2D eigenvalue weighted by atomic mass is 9.94. The minimum atomic E-state index is -1.14. The highest BCUT2D eigenvalue weighted by atomic mass is 16.3. The number of carbonyl (C=O) groups excluding carboxylic acids is 1. The Morgan fingerprint density at radius 3 is 3.00 bits per heavy atom. The maximum atomic E-state index is 12.1. The lowest BCUT2D eigenvalue weighted by Crippen LogP contribution is -2.53. The largest absolute Gasteiger partial charge is 0.393 e. The van der Waals surface area contributed by atoms with Crippen molar-refractivity contribution in [2.45, 2.75) is 31.9 Å². The average Bonchev–Trinajstić information content (AvgIpc) is 2.75. The quantitative estimate of drug-likeness (QED) is 0.764. The van der Waals surface area contributed by atoms with Crippen molar-refractivity contribution in [2.24, 2.45) is 0 Å². The smallest absolute Gasteiger partial charge is 0.244 e. The van der Waals surface area contributed by atoms with Gasteiger partial charge in [-0.2, -0.15) is 5.10 Å². The molecular formula is C12H19N3O3. The van der Waals surface area contributed by atoms with Gasteiger partial charge in [0.1, 0.15) is 12.1 Å². The Labute approximate surface area is 106 Å². The van der Waals surface area contributed by atoms with E-state index in [2.05, 4.69) is 5.10 Å². The van der Waals surface area contributed by atoms with Crippen LogP contribution in [0.5, 0.6) is 0 Å². The Bertz CT molecular complexity index is 432. The van der Waals surface area contributed by atoms with E-state index in [0.29, 0.717) is 19.4 Å². The molecule has 6 heteroatoms. The topological polar surface area (TPSA) is 78.6 Å². The third kappa shape index (κ3) is 2.88. The van der Waals surface area contributed by atoms with Gasteiger partial charge in [0, 0.05) is 12.7 Å². The Morgan fingerprint density at radius 2 is 2.39 bits per heavy atom. The standard InChI is InChI=1S/C12H19N3O3/c1-10-5-13-15(6-10)7-11(17)14-4-2-3-12(18,8-14)9-16/h5-6,16,18H,2-4,7-9H2,1H3. The summed E-state index contributed by atoms with van der Waals surface area (Å²) in [5.74, 6) is -0.0790. The maximum absolute atomic E-state index is 12.1. The van der Waals surface area contributed by atoms with Gasteiger partial charge in [-0.15, -0.1) is 0 Å². The second-order valence-corrected chi connectivity index (χ2v) is 5.02. The Hall–Kier alpha value is -1.40. The number of amides is 1. The summed E-state index contributed by atoms with van der Waals surface area (Å²) in [6.07, 6.45) is 4.75. The number of β-amino-alcohol motifs (C(OH)–C–C–N with tert-alkyl or cyclic N) is 1. The lowest BCUT2D eigenvalue weighted by Gasteiger charge is -2.38. The fourth-order valence-electron chi connectivity index (χ4n) is 2.25. The molecule has 1 fully saturated rings. The predicted molar refractivity (Wildman–Crippen MR) is 64.8 cm³/mol. The highest BCUT2D eigenvalue weighted by Gasteiger charge is 2.34. The first-order chi connectivity index (χ1) is 8.52. The molecule has 0 saturated carbocycles. The van der Waals surface area contributed by atoms with Crippen molar-refractivity contribution in [3.63, 3.8) is 0 Å². The van der Waals surface area contributed by atoms with Gasteiger partial charge in [-0.05, 0) is 25.3 Å². The molecule has 1 aliphatic heterocycles. The van der Waals surface area contributed by atoms with Gasteiger partial charge in [0.2, 0.25) is 5.91 Å². The Morgan fingerprint density at radius 1 is 1.61 bits per heavy atom. The molecule has 100 valence electrons. The first kappa shape index (κ1) is 13.0. The van der Waals surface area contributed by atoms with Crippen molar-refractivity contribution in [1.29, 1.82) is 0 Å². The molecular weight excluding hydrogens is 234 g/mol. The van der Waals surface area contributed by atoms with Crippen molar-refractivity contribution >= 4 is 5.91 Å². The molecule has 0 bridgehead atoms. The van der Waals surface area contributed by atoms with Crippen LogP contribution in [0.4, 0.5) is 0 Å². The molecule has 1 aromatic rings. The van der Waals surface area contributed by atoms with Gasteiger partial charge in [-0.1, -0.05) is 0 Å².